The average molecular weight is 541 g/mol. The molecule has 194 valence electrons. The lowest BCUT2D eigenvalue weighted by Crippen LogP contribution is -2.54. The van der Waals surface area contributed by atoms with Crippen molar-refractivity contribution in [1.82, 2.24) is 19.9 Å². The van der Waals surface area contributed by atoms with Crippen molar-refractivity contribution in [3.63, 3.8) is 0 Å². The summed E-state index contributed by atoms with van der Waals surface area (Å²) >= 11 is 12.8. The van der Waals surface area contributed by atoms with Crippen LogP contribution in [0.1, 0.15) is 50.0 Å². The molecule has 3 unspecified atom stereocenters. The first-order chi connectivity index (χ1) is 17.6. The summed E-state index contributed by atoms with van der Waals surface area (Å²) in [7, 11) is 3.77. The molecule has 0 spiro atoms. The number of pyridine rings is 1. The number of nitrogens with one attached hydrogen (secondary N) is 1. The number of benzene rings is 2. The van der Waals surface area contributed by atoms with Crippen LogP contribution in [0.3, 0.4) is 0 Å². The number of hydrogen-bond donors (Lipinski definition) is 1. The number of likely N-dealkylation sites (N-methyl/N-ethyl adjacent to an activating group) is 1. The molecule has 0 radical (unpaired) electrons. The lowest BCUT2D eigenvalue weighted by atomic mass is 9.86. The summed E-state index contributed by atoms with van der Waals surface area (Å²) in [5.41, 5.74) is 0.987. The molecule has 1 aliphatic rings. The lowest BCUT2D eigenvalue weighted by molar-refractivity contribution is -0.132. The number of hydrogen-bond acceptors (Lipinski definition) is 5. The molecule has 2 aromatic carbocycles. The van der Waals surface area contributed by atoms with Gasteiger partial charge in [0.25, 0.3) is 5.56 Å². The number of aromatic nitrogens is 2. The predicted octanol–water partition coefficient (Wildman–Crippen LogP) is 5.83. The van der Waals surface area contributed by atoms with Crippen LogP contribution in [0.25, 0.3) is 21.8 Å². The number of rotatable bonds is 5. The van der Waals surface area contributed by atoms with E-state index < -0.39 is 5.54 Å². The summed E-state index contributed by atoms with van der Waals surface area (Å²) in [6.45, 7) is 3.64. The summed E-state index contributed by atoms with van der Waals surface area (Å²) < 4.78 is 7.22. The van der Waals surface area contributed by atoms with E-state index >= 15 is 0 Å². The fraction of sp³-hybridized carbons (Fsp3) is 0.393. The van der Waals surface area contributed by atoms with Gasteiger partial charge in [0.05, 0.1) is 10.5 Å². The molecule has 0 saturated heterocycles. The van der Waals surface area contributed by atoms with Gasteiger partial charge in [0.1, 0.15) is 22.2 Å². The van der Waals surface area contributed by atoms with Crippen molar-refractivity contribution >= 4 is 50.9 Å². The molecule has 1 aliphatic carbocycles. The quantitative estimate of drug-likeness (QED) is 0.344. The van der Waals surface area contributed by atoms with E-state index in [0.717, 1.165) is 30.3 Å². The zero-order valence-electron chi connectivity index (χ0n) is 21.3. The molecular formula is C28H30Cl2N4O3. The van der Waals surface area contributed by atoms with Gasteiger partial charge in [0, 0.05) is 22.5 Å². The van der Waals surface area contributed by atoms with Crippen LogP contribution in [0.5, 0.6) is 0 Å². The molecular weight excluding hydrogens is 511 g/mol. The second-order valence-corrected chi connectivity index (χ2v) is 11.1. The Morgan fingerprint density at radius 1 is 1.16 bits per heavy atom. The SMILES string of the molecule is Cc1onc2c1c(=O)n(C1CCCC(NC(=O)C(C)(c3cccc(Cl)c3)N(C)C)C1)c1cccc(Cl)c21. The van der Waals surface area contributed by atoms with Crippen molar-refractivity contribution in [2.24, 2.45) is 0 Å². The molecule has 1 amide bonds. The molecule has 3 atom stereocenters. The van der Waals surface area contributed by atoms with Gasteiger partial charge < -0.3 is 14.4 Å². The highest BCUT2D eigenvalue weighted by atomic mass is 35.5. The van der Waals surface area contributed by atoms with E-state index in [9.17, 15) is 9.59 Å². The minimum absolute atomic E-state index is 0.0925. The first kappa shape index (κ1) is 25.8. The van der Waals surface area contributed by atoms with Crippen molar-refractivity contribution < 1.29 is 9.32 Å². The van der Waals surface area contributed by atoms with Crippen molar-refractivity contribution in [1.29, 1.82) is 0 Å². The number of carbonyl (C=O) groups is 1. The van der Waals surface area contributed by atoms with Crippen LogP contribution < -0.4 is 10.9 Å². The monoisotopic (exact) mass is 540 g/mol. The predicted molar refractivity (Wildman–Crippen MR) is 147 cm³/mol. The van der Waals surface area contributed by atoms with E-state index in [1.165, 1.54) is 0 Å². The van der Waals surface area contributed by atoms with Gasteiger partial charge in [-0.2, -0.15) is 0 Å². The van der Waals surface area contributed by atoms with Crippen LogP contribution in [-0.2, 0) is 10.3 Å². The van der Waals surface area contributed by atoms with E-state index in [2.05, 4.69) is 10.5 Å². The molecule has 7 nitrogen and oxygen atoms in total. The zero-order valence-corrected chi connectivity index (χ0v) is 22.9. The van der Waals surface area contributed by atoms with E-state index in [4.69, 9.17) is 27.7 Å². The summed E-state index contributed by atoms with van der Waals surface area (Å²) in [4.78, 5) is 29.4. The Morgan fingerprint density at radius 2 is 1.92 bits per heavy atom. The van der Waals surface area contributed by atoms with Crippen LogP contribution in [0.4, 0.5) is 0 Å². The van der Waals surface area contributed by atoms with Crippen molar-refractivity contribution in [2.45, 2.75) is 57.2 Å². The Kier molecular flexibility index (Phi) is 6.81. The maximum absolute atomic E-state index is 13.7. The Morgan fingerprint density at radius 3 is 2.65 bits per heavy atom. The Bertz CT molecular complexity index is 1560. The third-order valence-electron chi connectivity index (χ3n) is 7.85. The van der Waals surface area contributed by atoms with Gasteiger partial charge in [0.15, 0.2) is 0 Å². The zero-order chi connectivity index (χ0) is 26.5. The molecule has 5 rings (SSSR count). The second-order valence-electron chi connectivity index (χ2n) is 10.2. The van der Waals surface area contributed by atoms with Crippen LogP contribution in [0, 0.1) is 6.92 Å². The highest BCUT2D eigenvalue weighted by Crippen LogP contribution is 2.36. The molecule has 37 heavy (non-hydrogen) atoms. The Balaban J connectivity index is 1.50. The lowest BCUT2D eigenvalue weighted by Gasteiger charge is -2.38. The topological polar surface area (TPSA) is 80.4 Å². The molecule has 9 heteroatoms. The standard InChI is InChI=1S/C28H30Cl2N4O3/c1-16-23-25(32-37-16)24-21(30)12-7-13-22(24)34(26(23)35)20-11-6-10-19(15-20)31-27(36)28(2,33(3)4)17-8-5-9-18(29)14-17/h5,7-9,12-14,19-20H,6,10-11,15H2,1-4H3,(H,31,36). The van der Waals surface area contributed by atoms with Gasteiger partial charge in [-0.25, -0.2) is 0 Å². The third-order valence-corrected chi connectivity index (χ3v) is 8.40. The molecule has 1 saturated carbocycles. The van der Waals surface area contributed by atoms with Gasteiger partial charge in [-0.3, -0.25) is 14.5 Å². The smallest absolute Gasteiger partial charge is 0.264 e. The van der Waals surface area contributed by atoms with Crippen LogP contribution in [0.2, 0.25) is 10.0 Å². The summed E-state index contributed by atoms with van der Waals surface area (Å²) in [6.07, 6.45) is 3.16. The normalized spacial score (nSPS) is 19.9. The van der Waals surface area contributed by atoms with Crippen LogP contribution >= 0.6 is 23.2 Å². The molecule has 4 aromatic rings. The van der Waals surface area contributed by atoms with Crippen molar-refractivity contribution in [2.75, 3.05) is 14.1 Å². The maximum atomic E-state index is 13.7. The number of nitrogens with zero attached hydrogens (tertiary/aromatic N) is 3. The largest absolute Gasteiger partial charge is 0.360 e. The maximum Gasteiger partial charge on any atom is 0.264 e. The van der Waals surface area contributed by atoms with Crippen molar-refractivity contribution in [3.8, 4) is 0 Å². The number of halogens is 2. The number of fused-ring (bicyclic) bond motifs is 3. The molecule has 2 heterocycles. The van der Waals surface area contributed by atoms with Crippen molar-refractivity contribution in [3.05, 3.63) is 74.2 Å². The van der Waals surface area contributed by atoms with Gasteiger partial charge in [-0.1, -0.05) is 46.6 Å². The fourth-order valence-corrected chi connectivity index (χ4v) is 6.02. The Hall–Kier alpha value is -2.87. The van der Waals surface area contributed by atoms with E-state index in [-0.39, 0.29) is 23.6 Å². The van der Waals surface area contributed by atoms with Gasteiger partial charge >= 0.3 is 0 Å². The van der Waals surface area contributed by atoms with Crippen LogP contribution in [0.15, 0.2) is 51.8 Å². The third kappa shape index (κ3) is 4.33. The highest BCUT2D eigenvalue weighted by Gasteiger charge is 2.39. The van der Waals surface area contributed by atoms with Gasteiger partial charge in [-0.05, 0) is 83.5 Å². The first-order valence-corrected chi connectivity index (χ1v) is 13.2. The fourth-order valence-electron chi connectivity index (χ4n) is 5.57. The average Bonchev–Trinajstić information content (AvgIpc) is 3.25. The van der Waals surface area contributed by atoms with Gasteiger partial charge in [-0.15, -0.1) is 0 Å². The molecule has 1 N–H and O–H groups in total. The summed E-state index contributed by atoms with van der Waals surface area (Å²) in [5.74, 6) is 0.371. The minimum atomic E-state index is -0.909. The van der Waals surface area contributed by atoms with E-state index in [0.29, 0.717) is 38.5 Å². The first-order valence-electron chi connectivity index (χ1n) is 12.5. The number of carbonyl (C=O) groups excluding carboxylic acids is 1. The summed E-state index contributed by atoms with van der Waals surface area (Å²) in [6, 6.07) is 12.7. The number of amides is 1. The van der Waals surface area contributed by atoms with E-state index in [1.807, 2.05) is 60.8 Å². The molecule has 2 aromatic heterocycles. The highest BCUT2D eigenvalue weighted by molar-refractivity contribution is 6.37. The Labute approximate surface area is 225 Å². The minimum Gasteiger partial charge on any atom is -0.360 e. The van der Waals surface area contributed by atoms with E-state index in [1.54, 1.807) is 19.1 Å². The van der Waals surface area contributed by atoms with Crippen LogP contribution in [-0.4, -0.2) is 40.7 Å². The van der Waals surface area contributed by atoms with Gasteiger partial charge in [0.2, 0.25) is 5.91 Å². The summed E-state index contributed by atoms with van der Waals surface area (Å²) in [5, 5.41) is 9.70. The molecule has 0 aliphatic heterocycles. The molecule has 1 fully saturated rings. The second kappa shape index (κ2) is 9.78. The molecule has 0 bridgehead atoms. The number of aryl methyl sites for hydroxylation is 1.